The van der Waals surface area contributed by atoms with Crippen LogP contribution in [0.3, 0.4) is 0 Å². The molecule has 3 heterocycles. The molecular formula is C33H42N4O5. The molecule has 2 saturated carbocycles. The molecule has 9 heteroatoms. The zero-order valence-corrected chi connectivity index (χ0v) is 25.2. The Morgan fingerprint density at radius 3 is 2.67 bits per heavy atom. The number of carbonyl (C=O) groups excluding carboxylic acids is 2. The van der Waals surface area contributed by atoms with Gasteiger partial charge in [0, 0.05) is 49.2 Å². The van der Waals surface area contributed by atoms with E-state index in [-0.39, 0.29) is 6.03 Å². The Balaban J connectivity index is 1.15. The predicted octanol–water partition coefficient (Wildman–Crippen LogP) is 6.87. The summed E-state index contributed by atoms with van der Waals surface area (Å²) in [5.74, 6) is 3.94. The van der Waals surface area contributed by atoms with Crippen molar-refractivity contribution in [1.82, 2.24) is 14.5 Å². The molecule has 1 aliphatic heterocycles. The summed E-state index contributed by atoms with van der Waals surface area (Å²) in [4.78, 5) is 34.6. The second-order valence-electron chi connectivity index (χ2n) is 13.0. The molecule has 6 rings (SSSR count). The van der Waals surface area contributed by atoms with Crippen LogP contribution in [0.15, 0.2) is 42.7 Å². The molecule has 3 aromatic rings. The number of ether oxygens (including phenoxy) is 3. The van der Waals surface area contributed by atoms with E-state index in [1.165, 1.54) is 30.3 Å². The van der Waals surface area contributed by atoms with Gasteiger partial charge >= 0.3 is 12.1 Å². The zero-order valence-electron chi connectivity index (χ0n) is 25.2. The minimum absolute atomic E-state index is 0.0594. The Morgan fingerprint density at radius 2 is 1.93 bits per heavy atom. The SMILES string of the molecule is COc1ccc(N2CCCN(Cc3ccnc4c3ccn4C(=O)OC(C)(C)C)C2=O)cc1OCC[C@@H]1C[C@@H]2CC[C@H]1C2. The van der Waals surface area contributed by atoms with E-state index in [1.54, 1.807) is 19.5 Å². The van der Waals surface area contributed by atoms with Gasteiger partial charge in [-0.05, 0) is 100 Å². The van der Waals surface area contributed by atoms with E-state index in [4.69, 9.17) is 14.2 Å². The molecule has 3 aliphatic rings. The Hall–Kier alpha value is -3.75. The number of hydrogen-bond acceptors (Lipinski definition) is 6. The Morgan fingerprint density at radius 1 is 1.07 bits per heavy atom. The standard InChI is InChI=1S/C33H42N4O5/c1-33(2,3)42-32(39)37-16-11-27-25(10-13-34-30(27)37)21-35-14-5-15-36(31(35)38)26-8-9-28(40-4)29(20-26)41-17-12-24-19-22-6-7-23(24)18-22/h8-11,13,16,20,22-24H,5-7,12,14-15,17-19,21H2,1-4H3/t22-,23+,24-/m1/s1. The number of pyridine rings is 1. The second kappa shape index (κ2) is 11.5. The molecule has 0 unspecified atom stereocenters. The molecule has 42 heavy (non-hydrogen) atoms. The molecule has 224 valence electrons. The highest BCUT2D eigenvalue weighted by atomic mass is 16.6. The number of nitrogens with zero attached hydrogens (tertiary/aromatic N) is 4. The third-order valence-corrected chi connectivity index (χ3v) is 9.03. The van der Waals surface area contributed by atoms with E-state index in [0.29, 0.717) is 43.4 Å². The summed E-state index contributed by atoms with van der Waals surface area (Å²) in [7, 11) is 1.65. The molecule has 1 aromatic carbocycles. The normalized spacial score (nSPS) is 22.2. The maximum atomic E-state index is 13.7. The van der Waals surface area contributed by atoms with Gasteiger partial charge in [0.25, 0.3) is 0 Å². The van der Waals surface area contributed by atoms with Crippen molar-refractivity contribution in [2.24, 2.45) is 17.8 Å². The van der Waals surface area contributed by atoms with Crippen molar-refractivity contribution >= 4 is 28.8 Å². The van der Waals surface area contributed by atoms with Crippen molar-refractivity contribution in [3.63, 3.8) is 0 Å². The Bertz CT molecular complexity index is 1460. The number of methoxy groups -OCH3 is 1. The van der Waals surface area contributed by atoms with Crippen LogP contribution in [0.25, 0.3) is 11.0 Å². The smallest absolute Gasteiger partial charge is 0.420 e. The van der Waals surface area contributed by atoms with Gasteiger partial charge in [0.15, 0.2) is 11.5 Å². The van der Waals surface area contributed by atoms with Crippen LogP contribution in [-0.4, -0.2) is 59.0 Å². The number of hydrogen-bond donors (Lipinski definition) is 0. The van der Waals surface area contributed by atoms with Gasteiger partial charge in [-0.15, -0.1) is 0 Å². The van der Waals surface area contributed by atoms with Crippen molar-refractivity contribution in [1.29, 1.82) is 0 Å². The van der Waals surface area contributed by atoms with E-state index >= 15 is 0 Å². The van der Waals surface area contributed by atoms with Crippen molar-refractivity contribution < 1.29 is 23.8 Å². The van der Waals surface area contributed by atoms with Crippen molar-refractivity contribution in [2.75, 3.05) is 31.7 Å². The van der Waals surface area contributed by atoms with Crippen LogP contribution in [-0.2, 0) is 11.3 Å². The first-order valence-corrected chi connectivity index (χ1v) is 15.3. The summed E-state index contributed by atoms with van der Waals surface area (Å²) in [6.45, 7) is 7.86. The summed E-state index contributed by atoms with van der Waals surface area (Å²) in [5.41, 5.74) is 1.63. The van der Waals surface area contributed by atoms with Crippen molar-refractivity contribution in [3.05, 3.63) is 48.3 Å². The van der Waals surface area contributed by atoms with Crippen LogP contribution in [0, 0.1) is 17.8 Å². The summed E-state index contributed by atoms with van der Waals surface area (Å²) in [6, 6.07) is 9.46. The second-order valence-corrected chi connectivity index (χ2v) is 13.0. The predicted molar refractivity (Wildman–Crippen MR) is 161 cm³/mol. The van der Waals surface area contributed by atoms with Gasteiger partial charge in [-0.25, -0.2) is 19.1 Å². The fraction of sp³-hybridized carbons (Fsp3) is 0.545. The highest BCUT2D eigenvalue weighted by Gasteiger charge is 2.39. The topological polar surface area (TPSA) is 86.1 Å². The maximum Gasteiger partial charge on any atom is 0.420 e. The molecule has 9 nitrogen and oxygen atoms in total. The summed E-state index contributed by atoms with van der Waals surface area (Å²) in [5, 5.41) is 0.823. The minimum atomic E-state index is -0.614. The number of anilines is 1. The molecule has 0 N–H and O–H groups in total. The average molecular weight is 575 g/mol. The molecule has 0 spiro atoms. The third kappa shape index (κ3) is 5.78. The van der Waals surface area contributed by atoms with Crippen LogP contribution >= 0.6 is 0 Å². The fourth-order valence-corrected chi connectivity index (χ4v) is 7.06. The van der Waals surface area contributed by atoms with E-state index in [0.717, 1.165) is 47.2 Å². The summed E-state index contributed by atoms with van der Waals surface area (Å²) >= 11 is 0. The third-order valence-electron chi connectivity index (χ3n) is 9.03. The number of amides is 2. The zero-order chi connectivity index (χ0) is 29.4. The van der Waals surface area contributed by atoms with Crippen LogP contribution in [0.5, 0.6) is 11.5 Å². The van der Waals surface area contributed by atoms with Gasteiger partial charge in [0.05, 0.1) is 13.7 Å². The quantitative estimate of drug-likeness (QED) is 0.292. The molecule has 3 atom stereocenters. The Kier molecular flexibility index (Phi) is 7.77. The van der Waals surface area contributed by atoms with Gasteiger partial charge in [-0.2, -0.15) is 0 Å². The first kappa shape index (κ1) is 28.4. The maximum absolute atomic E-state index is 13.7. The lowest BCUT2D eigenvalue weighted by atomic mass is 9.87. The van der Waals surface area contributed by atoms with Gasteiger partial charge < -0.3 is 19.1 Å². The molecule has 2 aliphatic carbocycles. The number of rotatable bonds is 8. The molecule has 0 radical (unpaired) electrons. The van der Waals surface area contributed by atoms with Crippen LogP contribution < -0.4 is 14.4 Å². The molecule has 3 fully saturated rings. The summed E-state index contributed by atoms with van der Waals surface area (Å²) < 4.78 is 18.8. The van der Waals surface area contributed by atoms with Gasteiger partial charge in [0.1, 0.15) is 11.2 Å². The van der Waals surface area contributed by atoms with E-state index in [9.17, 15) is 9.59 Å². The van der Waals surface area contributed by atoms with Crippen molar-refractivity contribution in [2.45, 2.75) is 71.4 Å². The van der Waals surface area contributed by atoms with Crippen LogP contribution in [0.2, 0.25) is 0 Å². The molecule has 2 aromatic heterocycles. The fourth-order valence-electron chi connectivity index (χ4n) is 7.06. The van der Waals surface area contributed by atoms with Crippen LogP contribution in [0.1, 0.15) is 64.9 Å². The van der Waals surface area contributed by atoms with Gasteiger partial charge in [-0.1, -0.05) is 6.42 Å². The molecular weight excluding hydrogens is 532 g/mol. The van der Waals surface area contributed by atoms with Crippen LogP contribution in [0.4, 0.5) is 15.3 Å². The first-order chi connectivity index (χ1) is 20.2. The van der Waals surface area contributed by atoms with Gasteiger partial charge in [0.2, 0.25) is 0 Å². The van der Waals surface area contributed by atoms with E-state index < -0.39 is 11.7 Å². The highest BCUT2D eigenvalue weighted by Crippen LogP contribution is 2.49. The molecule has 2 bridgehead atoms. The van der Waals surface area contributed by atoms with Gasteiger partial charge in [-0.3, -0.25) is 4.90 Å². The lowest BCUT2D eigenvalue weighted by Gasteiger charge is -2.36. The molecule has 2 amide bonds. The summed E-state index contributed by atoms with van der Waals surface area (Å²) in [6.07, 6.45) is 10.3. The number of fused-ring (bicyclic) bond motifs is 3. The van der Waals surface area contributed by atoms with Crippen molar-refractivity contribution in [3.8, 4) is 11.5 Å². The Labute approximate surface area is 247 Å². The first-order valence-electron chi connectivity index (χ1n) is 15.3. The molecule has 1 saturated heterocycles. The number of aromatic nitrogens is 2. The highest BCUT2D eigenvalue weighted by molar-refractivity contribution is 5.94. The largest absolute Gasteiger partial charge is 0.493 e. The lowest BCUT2D eigenvalue weighted by Crippen LogP contribution is -2.49. The number of urea groups is 1. The minimum Gasteiger partial charge on any atom is -0.493 e. The monoisotopic (exact) mass is 574 g/mol. The van der Waals surface area contributed by atoms with E-state index in [1.807, 2.05) is 60.9 Å². The number of carbonyl (C=O) groups is 2. The van der Waals surface area contributed by atoms with E-state index in [2.05, 4.69) is 4.98 Å². The lowest BCUT2D eigenvalue weighted by molar-refractivity contribution is 0.0543. The average Bonchev–Trinajstić information content (AvgIpc) is 3.70. The number of benzene rings is 1.